The van der Waals surface area contributed by atoms with Gasteiger partial charge in [0.05, 0.1) is 4.92 Å². The number of aromatic nitrogens is 1. The molecule has 0 bridgehead atoms. The summed E-state index contributed by atoms with van der Waals surface area (Å²) >= 11 is 5.83. The van der Waals surface area contributed by atoms with Gasteiger partial charge in [-0.2, -0.15) is 0 Å². The second-order valence-corrected chi connectivity index (χ2v) is 4.57. The smallest absolute Gasteiger partial charge is 0.288 e. The highest BCUT2D eigenvalue weighted by atomic mass is 35.5. The molecule has 2 rings (SSSR count). The minimum absolute atomic E-state index is 0.00535. The predicted molar refractivity (Wildman–Crippen MR) is 75.0 cm³/mol. The van der Waals surface area contributed by atoms with Crippen molar-refractivity contribution in [1.29, 1.82) is 0 Å². The second-order valence-electron chi connectivity index (χ2n) is 4.16. The normalized spacial score (nSPS) is 11.9. The molecule has 0 unspecified atom stereocenters. The monoisotopic (exact) mass is 293 g/mol. The van der Waals surface area contributed by atoms with Gasteiger partial charge in [-0.05, 0) is 19.1 Å². The Morgan fingerprint density at radius 2 is 2.20 bits per heavy atom. The van der Waals surface area contributed by atoms with Gasteiger partial charge in [-0.1, -0.05) is 17.7 Å². The van der Waals surface area contributed by atoms with Crippen molar-refractivity contribution in [2.75, 3.05) is 0 Å². The molecule has 2 N–H and O–H groups in total. The molecule has 2 aromatic rings. The van der Waals surface area contributed by atoms with Crippen molar-refractivity contribution in [2.45, 2.75) is 13.0 Å². The molecule has 104 valence electrons. The van der Waals surface area contributed by atoms with E-state index in [2.05, 4.69) is 4.98 Å². The fraction of sp³-hybridized carbons (Fsp3) is 0.154. The van der Waals surface area contributed by atoms with Crippen LogP contribution in [0.1, 0.15) is 18.5 Å². The van der Waals surface area contributed by atoms with E-state index in [4.69, 9.17) is 22.1 Å². The topological polar surface area (TPSA) is 91.3 Å². The summed E-state index contributed by atoms with van der Waals surface area (Å²) in [5.41, 5.74) is 6.39. The van der Waals surface area contributed by atoms with Crippen molar-refractivity contribution in [3.05, 3.63) is 57.2 Å². The number of nitro benzene ring substituents is 1. The van der Waals surface area contributed by atoms with Gasteiger partial charge >= 0.3 is 0 Å². The summed E-state index contributed by atoms with van der Waals surface area (Å²) in [4.78, 5) is 14.2. The van der Waals surface area contributed by atoms with Gasteiger partial charge in [-0.3, -0.25) is 10.1 Å². The zero-order valence-electron chi connectivity index (χ0n) is 10.6. The molecule has 0 radical (unpaired) electrons. The molecule has 1 aromatic heterocycles. The van der Waals surface area contributed by atoms with Gasteiger partial charge < -0.3 is 10.5 Å². The van der Waals surface area contributed by atoms with E-state index in [0.717, 1.165) is 5.56 Å². The minimum Gasteiger partial charge on any atom is -0.439 e. The van der Waals surface area contributed by atoms with Gasteiger partial charge in [0, 0.05) is 29.9 Å². The Bertz CT molecular complexity index is 647. The molecule has 7 heteroatoms. The molecule has 0 aliphatic rings. The first kappa shape index (κ1) is 14.2. The maximum atomic E-state index is 10.7. The largest absolute Gasteiger partial charge is 0.439 e. The summed E-state index contributed by atoms with van der Waals surface area (Å²) in [7, 11) is 0. The standard InChI is InChI=1S/C13H12ClN3O3/c1-8(15)10-3-2-6-16-13(10)20-9-4-5-12(17(18)19)11(14)7-9/h2-8H,15H2,1H3/t8-/m0/s1. The van der Waals surface area contributed by atoms with E-state index >= 15 is 0 Å². The van der Waals surface area contributed by atoms with Crippen LogP contribution in [0, 0.1) is 10.1 Å². The molecule has 0 saturated carbocycles. The Kier molecular flexibility index (Phi) is 4.16. The third-order valence-corrected chi connectivity index (χ3v) is 2.92. The first-order valence-corrected chi connectivity index (χ1v) is 6.19. The number of hydrogen-bond donors (Lipinski definition) is 1. The first-order valence-electron chi connectivity index (χ1n) is 5.81. The van der Waals surface area contributed by atoms with Crippen LogP contribution in [0.5, 0.6) is 11.6 Å². The first-order chi connectivity index (χ1) is 9.49. The number of benzene rings is 1. The Labute approximate surface area is 120 Å². The molecule has 6 nitrogen and oxygen atoms in total. The van der Waals surface area contributed by atoms with Crippen molar-refractivity contribution in [2.24, 2.45) is 5.73 Å². The molecular weight excluding hydrogens is 282 g/mol. The maximum Gasteiger partial charge on any atom is 0.288 e. The zero-order valence-corrected chi connectivity index (χ0v) is 11.4. The molecule has 0 aliphatic carbocycles. The second kappa shape index (κ2) is 5.85. The van der Waals surface area contributed by atoms with E-state index in [1.165, 1.54) is 18.2 Å². The lowest BCUT2D eigenvalue weighted by molar-refractivity contribution is -0.384. The van der Waals surface area contributed by atoms with Gasteiger partial charge in [0.15, 0.2) is 0 Å². The quantitative estimate of drug-likeness (QED) is 0.688. The lowest BCUT2D eigenvalue weighted by Crippen LogP contribution is -2.07. The molecule has 20 heavy (non-hydrogen) atoms. The summed E-state index contributed by atoms with van der Waals surface area (Å²) in [6.45, 7) is 1.81. The number of pyridine rings is 1. The van der Waals surface area contributed by atoms with Gasteiger partial charge in [-0.25, -0.2) is 4.98 Å². The average Bonchev–Trinajstić information content (AvgIpc) is 2.38. The number of nitrogens with two attached hydrogens (primary N) is 1. The molecule has 1 atom stereocenters. The lowest BCUT2D eigenvalue weighted by atomic mass is 10.1. The molecular formula is C13H12ClN3O3. The highest BCUT2D eigenvalue weighted by molar-refractivity contribution is 6.32. The van der Waals surface area contributed by atoms with E-state index in [-0.39, 0.29) is 16.8 Å². The zero-order chi connectivity index (χ0) is 14.7. The van der Waals surface area contributed by atoms with Crippen LogP contribution in [0.15, 0.2) is 36.5 Å². The lowest BCUT2D eigenvalue weighted by Gasteiger charge is -2.12. The number of ether oxygens (including phenoxy) is 1. The van der Waals surface area contributed by atoms with Crippen molar-refractivity contribution >= 4 is 17.3 Å². The Morgan fingerprint density at radius 3 is 2.80 bits per heavy atom. The molecule has 0 amide bonds. The van der Waals surface area contributed by atoms with Crippen molar-refractivity contribution in [3.8, 4) is 11.6 Å². The molecule has 0 fully saturated rings. The van der Waals surface area contributed by atoms with Gasteiger partial charge in [0.1, 0.15) is 10.8 Å². The highest BCUT2D eigenvalue weighted by Crippen LogP contribution is 2.32. The predicted octanol–water partition coefficient (Wildman–Crippen LogP) is 3.46. The van der Waals surface area contributed by atoms with Crippen LogP contribution < -0.4 is 10.5 Å². The van der Waals surface area contributed by atoms with Gasteiger partial charge in [0.2, 0.25) is 5.88 Å². The van der Waals surface area contributed by atoms with Crippen LogP contribution in [-0.4, -0.2) is 9.91 Å². The van der Waals surface area contributed by atoms with Crippen LogP contribution in [0.4, 0.5) is 5.69 Å². The summed E-state index contributed by atoms with van der Waals surface area (Å²) in [6.07, 6.45) is 1.58. The number of hydrogen-bond acceptors (Lipinski definition) is 5. The van der Waals surface area contributed by atoms with Crippen LogP contribution in [-0.2, 0) is 0 Å². The fourth-order valence-electron chi connectivity index (χ4n) is 1.65. The third-order valence-electron chi connectivity index (χ3n) is 2.62. The number of halogens is 1. The van der Waals surface area contributed by atoms with Crippen molar-refractivity contribution < 1.29 is 9.66 Å². The van der Waals surface area contributed by atoms with Crippen LogP contribution in [0.25, 0.3) is 0 Å². The summed E-state index contributed by atoms with van der Waals surface area (Å²) in [5.74, 6) is 0.716. The van der Waals surface area contributed by atoms with E-state index in [1.807, 2.05) is 6.92 Å². The molecule has 0 saturated heterocycles. The molecule has 1 heterocycles. The van der Waals surface area contributed by atoms with Crippen molar-refractivity contribution in [1.82, 2.24) is 4.98 Å². The Hall–Kier alpha value is -2.18. The molecule has 1 aromatic carbocycles. The number of nitrogens with zero attached hydrogens (tertiary/aromatic N) is 2. The molecule has 0 spiro atoms. The summed E-state index contributed by atoms with van der Waals surface area (Å²) in [5, 5.41) is 10.7. The SMILES string of the molecule is C[C@H](N)c1cccnc1Oc1ccc([N+](=O)[O-])c(Cl)c1. The van der Waals surface area contributed by atoms with E-state index in [9.17, 15) is 10.1 Å². The van der Waals surface area contributed by atoms with Crippen LogP contribution >= 0.6 is 11.6 Å². The number of rotatable bonds is 4. The van der Waals surface area contributed by atoms with Gasteiger partial charge in [-0.15, -0.1) is 0 Å². The third kappa shape index (κ3) is 3.04. The molecule has 0 aliphatic heterocycles. The fourth-order valence-corrected chi connectivity index (χ4v) is 1.89. The average molecular weight is 294 g/mol. The Morgan fingerprint density at radius 1 is 1.45 bits per heavy atom. The van der Waals surface area contributed by atoms with Gasteiger partial charge in [0.25, 0.3) is 5.69 Å². The van der Waals surface area contributed by atoms with E-state index < -0.39 is 4.92 Å². The maximum absolute atomic E-state index is 10.7. The van der Waals surface area contributed by atoms with Crippen molar-refractivity contribution in [3.63, 3.8) is 0 Å². The Balaban J connectivity index is 2.31. The highest BCUT2D eigenvalue weighted by Gasteiger charge is 2.15. The van der Waals surface area contributed by atoms with E-state index in [0.29, 0.717) is 11.6 Å². The minimum atomic E-state index is -0.555. The summed E-state index contributed by atoms with van der Waals surface area (Å²) in [6, 6.07) is 7.44. The number of nitro groups is 1. The van der Waals surface area contributed by atoms with Crippen LogP contribution in [0.3, 0.4) is 0 Å². The van der Waals surface area contributed by atoms with E-state index in [1.54, 1.807) is 18.3 Å². The summed E-state index contributed by atoms with van der Waals surface area (Å²) < 4.78 is 5.59. The van der Waals surface area contributed by atoms with Crippen LogP contribution in [0.2, 0.25) is 5.02 Å².